The van der Waals surface area contributed by atoms with E-state index in [1.54, 1.807) is 12.1 Å². The summed E-state index contributed by atoms with van der Waals surface area (Å²) in [5.74, 6) is -0.122. The molecule has 2 unspecified atom stereocenters. The Morgan fingerprint density at radius 1 is 1.17 bits per heavy atom. The molecule has 1 rings (SSSR count). The molecule has 102 valence electrons. The molecule has 0 fully saturated rings. The summed E-state index contributed by atoms with van der Waals surface area (Å²) in [6.45, 7) is 6.57. The van der Waals surface area contributed by atoms with Crippen molar-refractivity contribution < 1.29 is 13.2 Å². The van der Waals surface area contributed by atoms with Gasteiger partial charge in [-0.25, -0.2) is 0 Å². The molecule has 0 bridgehead atoms. The Kier molecular flexibility index (Phi) is 5.20. The van der Waals surface area contributed by atoms with E-state index in [9.17, 15) is 13.2 Å². The first-order valence-corrected chi connectivity index (χ1v) is 6.31. The molecule has 1 aromatic carbocycles. The number of likely N-dealkylation sites (N-methyl/N-ethyl adjacent to an activating group) is 1. The van der Waals surface area contributed by atoms with Crippen molar-refractivity contribution in [3.63, 3.8) is 0 Å². The molecular formula is C14H20F3N. The lowest BCUT2D eigenvalue weighted by atomic mass is 9.86. The molecule has 1 nitrogen and oxygen atoms in total. The summed E-state index contributed by atoms with van der Waals surface area (Å²) in [5.41, 5.74) is -0.123. The van der Waals surface area contributed by atoms with Crippen LogP contribution >= 0.6 is 0 Å². The Bertz CT molecular complexity index is 374. The zero-order chi connectivity index (χ0) is 13.8. The Balaban J connectivity index is 3.13. The van der Waals surface area contributed by atoms with Crippen molar-refractivity contribution in [2.75, 3.05) is 6.54 Å². The first-order valence-electron chi connectivity index (χ1n) is 6.31. The summed E-state index contributed by atoms with van der Waals surface area (Å²) < 4.78 is 38.9. The Hall–Kier alpha value is -1.03. The van der Waals surface area contributed by atoms with Crippen LogP contribution in [0.15, 0.2) is 24.3 Å². The van der Waals surface area contributed by atoms with Crippen molar-refractivity contribution in [1.82, 2.24) is 5.32 Å². The number of benzene rings is 1. The topological polar surface area (TPSA) is 12.0 Å². The average molecular weight is 259 g/mol. The second kappa shape index (κ2) is 6.23. The minimum absolute atomic E-state index is 0.0310. The van der Waals surface area contributed by atoms with Gasteiger partial charge in [-0.3, -0.25) is 0 Å². The largest absolute Gasteiger partial charge is 0.416 e. The van der Waals surface area contributed by atoms with Crippen LogP contribution in [0.4, 0.5) is 13.2 Å². The normalized spacial score (nSPS) is 15.4. The third kappa shape index (κ3) is 3.48. The monoisotopic (exact) mass is 259 g/mol. The third-order valence-electron chi connectivity index (χ3n) is 3.24. The van der Waals surface area contributed by atoms with Crippen LogP contribution in [0.5, 0.6) is 0 Å². The standard InChI is InChI=1S/C14H20F3N/c1-4-11(10(3)18-5-2)12-8-6-7-9-13(12)14(15,16)17/h6-11,18H,4-5H2,1-3H3. The van der Waals surface area contributed by atoms with Gasteiger partial charge in [0.1, 0.15) is 0 Å². The fourth-order valence-corrected chi connectivity index (χ4v) is 2.39. The molecule has 0 saturated heterocycles. The van der Waals surface area contributed by atoms with E-state index in [2.05, 4.69) is 5.32 Å². The predicted molar refractivity (Wildman–Crippen MR) is 67.6 cm³/mol. The first-order chi connectivity index (χ1) is 8.41. The van der Waals surface area contributed by atoms with E-state index in [0.717, 1.165) is 12.6 Å². The van der Waals surface area contributed by atoms with Crippen molar-refractivity contribution in [2.45, 2.75) is 45.3 Å². The molecule has 4 heteroatoms. The van der Waals surface area contributed by atoms with Crippen molar-refractivity contribution in [1.29, 1.82) is 0 Å². The van der Waals surface area contributed by atoms with Gasteiger partial charge in [-0.15, -0.1) is 0 Å². The second-order valence-electron chi connectivity index (χ2n) is 4.45. The van der Waals surface area contributed by atoms with Gasteiger partial charge < -0.3 is 5.32 Å². The molecule has 1 aromatic rings. The predicted octanol–water partition coefficient (Wildman–Crippen LogP) is 4.20. The fraction of sp³-hybridized carbons (Fsp3) is 0.571. The van der Waals surface area contributed by atoms with Gasteiger partial charge in [-0.1, -0.05) is 32.0 Å². The van der Waals surface area contributed by atoms with Crippen LogP contribution in [0, 0.1) is 0 Å². The van der Waals surface area contributed by atoms with E-state index < -0.39 is 11.7 Å². The maximum atomic E-state index is 13.0. The number of hydrogen-bond acceptors (Lipinski definition) is 1. The first kappa shape index (κ1) is 15.0. The lowest BCUT2D eigenvalue weighted by Crippen LogP contribution is -2.32. The molecule has 0 aliphatic heterocycles. The molecule has 0 radical (unpaired) electrons. The molecule has 0 spiro atoms. The van der Waals surface area contributed by atoms with Crippen LogP contribution < -0.4 is 5.32 Å². The Morgan fingerprint density at radius 2 is 1.78 bits per heavy atom. The molecular weight excluding hydrogens is 239 g/mol. The van der Waals surface area contributed by atoms with E-state index in [-0.39, 0.29) is 12.0 Å². The summed E-state index contributed by atoms with van der Waals surface area (Å²) >= 11 is 0. The highest BCUT2D eigenvalue weighted by Gasteiger charge is 2.35. The van der Waals surface area contributed by atoms with Gasteiger partial charge >= 0.3 is 6.18 Å². The fourth-order valence-electron chi connectivity index (χ4n) is 2.39. The maximum Gasteiger partial charge on any atom is 0.416 e. The average Bonchev–Trinajstić information content (AvgIpc) is 2.29. The number of halogens is 3. The van der Waals surface area contributed by atoms with Gasteiger partial charge in [-0.05, 0) is 37.4 Å². The minimum atomic E-state index is -4.28. The van der Waals surface area contributed by atoms with Crippen LogP contribution in [0.25, 0.3) is 0 Å². The molecule has 0 saturated carbocycles. The molecule has 0 aliphatic rings. The van der Waals surface area contributed by atoms with Gasteiger partial charge in [0.05, 0.1) is 5.56 Å². The van der Waals surface area contributed by atoms with Gasteiger partial charge in [0.2, 0.25) is 0 Å². The van der Waals surface area contributed by atoms with E-state index in [0.29, 0.717) is 12.0 Å². The lowest BCUT2D eigenvalue weighted by molar-refractivity contribution is -0.138. The molecule has 0 amide bonds. The quantitative estimate of drug-likeness (QED) is 0.835. The summed E-state index contributed by atoms with van der Waals surface area (Å²) in [4.78, 5) is 0. The lowest BCUT2D eigenvalue weighted by Gasteiger charge is -2.26. The van der Waals surface area contributed by atoms with E-state index >= 15 is 0 Å². The van der Waals surface area contributed by atoms with Crippen LogP contribution in [-0.4, -0.2) is 12.6 Å². The van der Waals surface area contributed by atoms with E-state index in [1.807, 2.05) is 20.8 Å². The molecule has 0 heterocycles. The number of nitrogens with one attached hydrogen (secondary N) is 1. The van der Waals surface area contributed by atoms with E-state index in [1.165, 1.54) is 6.07 Å². The smallest absolute Gasteiger partial charge is 0.314 e. The maximum absolute atomic E-state index is 13.0. The number of hydrogen-bond donors (Lipinski definition) is 1. The second-order valence-corrected chi connectivity index (χ2v) is 4.45. The Morgan fingerprint density at radius 3 is 2.28 bits per heavy atom. The number of alkyl halides is 3. The van der Waals surface area contributed by atoms with Crippen molar-refractivity contribution >= 4 is 0 Å². The zero-order valence-electron chi connectivity index (χ0n) is 11.0. The van der Waals surface area contributed by atoms with E-state index in [4.69, 9.17) is 0 Å². The SMILES string of the molecule is CCNC(C)C(CC)c1ccccc1C(F)(F)F. The van der Waals surface area contributed by atoms with Gasteiger partial charge in [-0.2, -0.15) is 13.2 Å². The summed E-state index contributed by atoms with van der Waals surface area (Å²) in [6.07, 6.45) is -3.60. The molecule has 2 atom stereocenters. The van der Waals surface area contributed by atoms with Crippen LogP contribution in [-0.2, 0) is 6.18 Å². The summed E-state index contributed by atoms with van der Waals surface area (Å²) in [6, 6.07) is 5.90. The van der Waals surface area contributed by atoms with Gasteiger partial charge in [0.25, 0.3) is 0 Å². The van der Waals surface area contributed by atoms with Crippen molar-refractivity contribution in [3.05, 3.63) is 35.4 Å². The number of rotatable bonds is 5. The third-order valence-corrected chi connectivity index (χ3v) is 3.24. The highest BCUT2D eigenvalue weighted by atomic mass is 19.4. The summed E-state index contributed by atoms with van der Waals surface area (Å²) in [5, 5.41) is 3.21. The van der Waals surface area contributed by atoms with Gasteiger partial charge in [0, 0.05) is 6.04 Å². The zero-order valence-corrected chi connectivity index (χ0v) is 11.0. The molecule has 18 heavy (non-hydrogen) atoms. The van der Waals surface area contributed by atoms with Gasteiger partial charge in [0.15, 0.2) is 0 Å². The van der Waals surface area contributed by atoms with Crippen LogP contribution in [0.3, 0.4) is 0 Å². The van der Waals surface area contributed by atoms with Crippen molar-refractivity contribution in [3.8, 4) is 0 Å². The highest BCUT2D eigenvalue weighted by Crippen LogP contribution is 2.37. The molecule has 0 aromatic heterocycles. The van der Waals surface area contributed by atoms with Crippen molar-refractivity contribution in [2.24, 2.45) is 0 Å². The minimum Gasteiger partial charge on any atom is -0.314 e. The van der Waals surface area contributed by atoms with Crippen LogP contribution in [0.1, 0.15) is 44.2 Å². The molecule has 0 aliphatic carbocycles. The Labute approximate surface area is 106 Å². The molecule has 1 N–H and O–H groups in total. The summed E-state index contributed by atoms with van der Waals surface area (Å²) in [7, 11) is 0. The highest BCUT2D eigenvalue weighted by molar-refractivity contribution is 5.33. The van der Waals surface area contributed by atoms with Crippen LogP contribution in [0.2, 0.25) is 0 Å².